The molecule has 0 fully saturated rings. The van der Waals surface area contributed by atoms with Gasteiger partial charge < -0.3 is 9.79 Å². The van der Waals surface area contributed by atoms with Gasteiger partial charge in [0.2, 0.25) is 0 Å². The third kappa shape index (κ3) is 8.24. The topological polar surface area (TPSA) is 57.5 Å². The lowest BCUT2D eigenvalue weighted by molar-refractivity contribution is 0.370. The summed E-state index contributed by atoms with van der Waals surface area (Å²) in [5, 5.41) is 0. The zero-order chi connectivity index (χ0) is 11.0. The van der Waals surface area contributed by atoms with E-state index in [0.29, 0.717) is 12.3 Å². The van der Waals surface area contributed by atoms with E-state index in [4.69, 9.17) is 9.79 Å². The number of hydrogen-bond acceptors (Lipinski definition) is 1. The Balaban J connectivity index is 3.42. The number of allylic oxidation sites excluding steroid dienone is 2. The fraction of sp³-hybridized carbons (Fsp3) is 0.600. The standard InChI is InChI=1S/C10H19O3P/c1-3-10(4-2)8-6-5-7-9-14(11,12)13/h3-4,10H,1-2,5-9H2,(H2,11,12,13). The minimum Gasteiger partial charge on any atom is -0.324 e. The van der Waals surface area contributed by atoms with Crippen molar-refractivity contribution >= 4 is 7.60 Å². The van der Waals surface area contributed by atoms with Crippen LogP contribution in [0.25, 0.3) is 0 Å². The first-order valence-electron chi connectivity index (χ1n) is 4.79. The monoisotopic (exact) mass is 218 g/mol. The predicted octanol–water partition coefficient (Wildman–Crippen LogP) is 2.71. The summed E-state index contributed by atoms with van der Waals surface area (Å²) < 4.78 is 10.5. The summed E-state index contributed by atoms with van der Waals surface area (Å²) in [5.74, 6) is 0.324. The molecule has 0 aliphatic rings. The highest BCUT2D eigenvalue weighted by Crippen LogP contribution is 2.35. The summed E-state index contributed by atoms with van der Waals surface area (Å²) in [5.41, 5.74) is 0. The molecule has 0 saturated carbocycles. The van der Waals surface area contributed by atoms with Gasteiger partial charge in [0.25, 0.3) is 0 Å². The van der Waals surface area contributed by atoms with Crippen LogP contribution >= 0.6 is 7.60 Å². The Morgan fingerprint density at radius 1 is 1.14 bits per heavy atom. The molecule has 0 atom stereocenters. The van der Waals surface area contributed by atoms with Gasteiger partial charge in [-0.3, -0.25) is 4.57 Å². The molecule has 0 bridgehead atoms. The average Bonchev–Trinajstić information content (AvgIpc) is 2.09. The summed E-state index contributed by atoms with van der Waals surface area (Å²) in [6, 6.07) is 0. The lowest BCUT2D eigenvalue weighted by atomic mass is 10.0. The van der Waals surface area contributed by atoms with Crippen molar-refractivity contribution in [3.05, 3.63) is 25.3 Å². The van der Waals surface area contributed by atoms with Gasteiger partial charge in [0.1, 0.15) is 0 Å². The second kappa shape index (κ2) is 6.99. The van der Waals surface area contributed by atoms with E-state index < -0.39 is 7.60 Å². The van der Waals surface area contributed by atoms with Gasteiger partial charge in [-0.2, -0.15) is 0 Å². The van der Waals surface area contributed by atoms with E-state index in [2.05, 4.69) is 13.2 Å². The first kappa shape index (κ1) is 13.6. The Kier molecular flexibility index (Phi) is 6.81. The van der Waals surface area contributed by atoms with Crippen LogP contribution in [0.1, 0.15) is 25.7 Å². The lowest BCUT2D eigenvalue weighted by Gasteiger charge is -2.06. The molecule has 0 radical (unpaired) electrons. The predicted molar refractivity (Wildman–Crippen MR) is 59.3 cm³/mol. The molecule has 0 aromatic rings. The maximum Gasteiger partial charge on any atom is 0.325 e. The molecule has 82 valence electrons. The van der Waals surface area contributed by atoms with Crippen molar-refractivity contribution in [2.24, 2.45) is 5.92 Å². The SMILES string of the molecule is C=CC(C=C)CCCCCP(=O)(O)O. The van der Waals surface area contributed by atoms with Crippen LogP contribution in [0, 0.1) is 5.92 Å². The van der Waals surface area contributed by atoms with Crippen molar-refractivity contribution in [2.45, 2.75) is 25.7 Å². The van der Waals surface area contributed by atoms with Gasteiger partial charge in [0.05, 0.1) is 0 Å². The van der Waals surface area contributed by atoms with Crippen molar-refractivity contribution < 1.29 is 14.4 Å². The van der Waals surface area contributed by atoms with Gasteiger partial charge in [-0.15, -0.1) is 13.2 Å². The second-order valence-electron chi connectivity index (χ2n) is 3.37. The van der Waals surface area contributed by atoms with E-state index in [1.807, 2.05) is 12.2 Å². The third-order valence-electron chi connectivity index (χ3n) is 2.09. The van der Waals surface area contributed by atoms with Crippen LogP contribution in [0.2, 0.25) is 0 Å². The Morgan fingerprint density at radius 2 is 1.71 bits per heavy atom. The molecule has 0 saturated heterocycles. The minimum absolute atomic E-state index is 0.000154. The van der Waals surface area contributed by atoms with Gasteiger partial charge in [-0.05, 0) is 18.8 Å². The Labute approximate surface area is 85.7 Å². The van der Waals surface area contributed by atoms with E-state index in [0.717, 1.165) is 19.3 Å². The molecule has 4 heteroatoms. The summed E-state index contributed by atoms with van der Waals surface area (Å²) in [4.78, 5) is 17.2. The van der Waals surface area contributed by atoms with Crippen molar-refractivity contribution in [1.82, 2.24) is 0 Å². The van der Waals surface area contributed by atoms with Crippen LogP contribution in [0.3, 0.4) is 0 Å². The third-order valence-corrected chi connectivity index (χ3v) is 2.99. The molecule has 0 spiro atoms. The highest BCUT2D eigenvalue weighted by Gasteiger charge is 2.11. The van der Waals surface area contributed by atoms with Crippen molar-refractivity contribution in [1.29, 1.82) is 0 Å². The largest absolute Gasteiger partial charge is 0.325 e. The molecule has 0 amide bonds. The first-order valence-corrected chi connectivity index (χ1v) is 6.59. The summed E-state index contributed by atoms with van der Waals surface area (Å²) >= 11 is 0. The summed E-state index contributed by atoms with van der Waals surface area (Å²) in [6.07, 6.45) is 7.05. The number of unbranched alkanes of at least 4 members (excludes halogenated alkanes) is 2. The van der Waals surface area contributed by atoms with Gasteiger partial charge >= 0.3 is 7.60 Å². The average molecular weight is 218 g/mol. The van der Waals surface area contributed by atoms with E-state index in [1.165, 1.54) is 0 Å². The zero-order valence-electron chi connectivity index (χ0n) is 8.43. The molecule has 14 heavy (non-hydrogen) atoms. The molecule has 0 aromatic heterocycles. The summed E-state index contributed by atoms with van der Waals surface area (Å²) in [7, 11) is -3.78. The normalized spacial score (nSPS) is 11.6. The Morgan fingerprint density at radius 3 is 2.14 bits per heavy atom. The molecule has 0 heterocycles. The van der Waals surface area contributed by atoms with Gasteiger partial charge in [0, 0.05) is 6.16 Å². The van der Waals surface area contributed by atoms with Crippen molar-refractivity contribution in [2.75, 3.05) is 6.16 Å². The molecule has 3 nitrogen and oxygen atoms in total. The van der Waals surface area contributed by atoms with Crippen LogP contribution in [0.5, 0.6) is 0 Å². The Bertz CT molecular complexity index is 211. The van der Waals surface area contributed by atoms with Crippen LogP contribution in [0.15, 0.2) is 25.3 Å². The van der Waals surface area contributed by atoms with E-state index in [1.54, 1.807) is 0 Å². The van der Waals surface area contributed by atoms with Gasteiger partial charge in [-0.1, -0.05) is 25.0 Å². The number of hydrogen-bond donors (Lipinski definition) is 2. The van der Waals surface area contributed by atoms with E-state index in [-0.39, 0.29) is 6.16 Å². The van der Waals surface area contributed by atoms with Crippen LogP contribution < -0.4 is 0 Å². The van der Waals surface area contributed by atoms with Crippen LogP contribution in [0.4, 0.5) is 0 Å². The summed E-state index contributed by atoms with van der Waals surface area (Å²) in [6.45, 7) is 7.35. The minimum atomic E-state index is -3.78. The van der Waals surface area contributed by atoms with Crippen LogP contribution in [-0.4, -0.2) is 15.9 Å². The lowest BCUT2D eigenvalue weighted by Crippen LogP contribution is -1.92. The van der Waals surface area contributed by atoms with E-state index >= 15 is 0 Å². The van der Waals surface area contributed by atoms with Gasteiger partial charge in [-0.25, -0.2) is 0 Å². The fourth-order valence-electron chi connectivity index (χ4n) is 1.21. The molecule has 0 aliphatic carbocycles. The highest BCUT2D eigenvalue weighted by atomic mass is 31.2. The van der Waals surface area contributed by atoms with E-state index in [9.17, 15) is 4.57 Å². The molecule has 0 aromatic carbocycles. The highest BCUT2D eigenvalue weighted by molar-refractivity contribution is 7.51. The zero-order valence-corrected chi connectivity index (χ0v) is 9.33. The molecular weight excluding hydrogens is 199 g/mol. The quantitative estimate of drug-likeness (QED) is 0.374. The van der Waals surface area contributed by atoms with Crippen LogP contribution in [-0.2, 0) is 4.57 Å². The Hall–Kier alpha value is -0.370. The first-order chi connectivity index (χ1) is 6.49. The molecular formula is C10H19O3P. The molecule has 2 N–H and O–H groups in total. The second-order valence-corrected chi connectivity index (χ2v) is 5.15. The molecule has 0 aliphatic heterocycles. The fourth-order valence-corrected chi connectivity index (χ4v) is 1.84. The maximum atomic E-state index is 10.5. The molecule has 0 unspecified atom stereocenters. The van der Waals surface area contributed by atoms with Crippen molar-refractivity contribution in [3.63, 3.8) is 0 Å². The van der Waals surface area contributed by atoms with Crippen molar-refractivity contribution in [3.8, 4) is 0 Å². The molecule has 0 rings (SSSR count). The number of rotatable bonds is 8. The smallest absolute Gasteiger partial charge is 0.324 e. The maximum absolute atomic E-state index is 10.5. The van der Waals surface area contributed by atoms with Gasteiger partial charge in [0.15, 0.2) is 0 Å².